The highest BCUT2D eigenvalue weighted by Crippen LogP contribution is 1.42. The van der Waals surface area contributed by atoms with Gasteiger partial charge in [0, 0.05) is 19.6 Å². The van der Waals surface area contributed by atoms with E-state index in [9.17, 15) is 0 Å². The van der Waals surface area contributed by atoms with Gasteiger partial charge in [-0.1, -0.05) is 0 Å². The predicted molar refractivity (Wildman–Crippen MR) is 59.1 cm³/mol. The van der Waals surface area contributed by atoms with Crippen molar-refractivity contribution < 1.29 is 30.3 Å². The SMILES string of the molecule is NCCO.NCCO.NCCO.O=C(O)O. The Labute approximate surface area is 94.1 Å². The summed E-state index contributed by atoms with van der Waals surface area (Å²) in [7, 11) is 0. The third-order valence-electron chi connectivity index (χ3n) is 0.387. The molecule has 0 atom stereocenters. The zero-order valence-electron chi connectivity index (χ0n) is 9.12. The van der Waals surface area contributed by atoms with Crippen LogP contribution in [0.5, 0.6) is 0 Å². The van der Waals surface area contributed by atoms with Crippen molar-refractivity contribution in [2.24, 2.45) is 17.2 Å². The van der Waals surface area contributed by atoms with E-state index in [1.54, 1.807) is 0 Å². The topological polar surface area (TPSA) is 196 Å². The molecule has 16 heavy (non-hydrogen) atoms. The first-order chi connectivity index (χ1) is 7.47. The number of aliphatic hydroxyl groups excluding tert-OH is 3. The van der Waals surface area contributed by atoms with Gasteiger partial charge in [0.15, 0.2) is 0 Å². The van der Waals surface area contributed by atoms with Gasteiger partial charge in [-0.2, -0.15) is 0 Å². The Hall–Kier alpha value is -0.970. The van der Waals surface area contributed by atoms with Gasteiger partial charge in [0.2, 0.25) is 0 Å². The van der Waals surface area contributed by atoms with Crippen molar-refractivity contribution in [3.63, 3.8) is 0 Å². The standard InChI is InChI=1S/3C2H7NO.CH2O3/c3*3-1-2-4;2-1(3)4/h3*4H,1-3H2;(H2,2,3,4). The summed E-state index contributed by atoms with van der Waals surface area (Å²) >= 11 is 0. The lowest BCUT2D eigenvalue weighted by Crippen LogP contribution is -2.02. The molecule has 102 valence electrons. The fraction of sp³-hybridized carbons (Fsp3) is 0.857. The quantitative estimate of drug-likeness (QED) is 0.256. The van der Waals surface area contributed by atoms with Crippen molar-refractivity contribution >= 4 is 6.16 Å². The van der Waals surface area contributed by atoms with Crippen LogP contribution in [0.4, 0.5) is 4.79 Å². The van der Waals surface area contributed by atoms with Crippen LogP contribution >= 0.6 is 0 Å². The molecule has 0 spiro atoms. The molecule has 0 aromatic rings. The minimum Gasteiger partial charge on any atom is -0.450 e. The number of nitrogens with two attached hydrogens (primary N) is 3. The molecule has 0 aromatic carbocycles. The maximum absolute atomic E-state index is 8.56. The van der Waals surface area contributed by atoms with E-state index >= 15 is 0 Å². The van der Waals surface area contributed by atoms with E-state index in [2.05, 4.69) is 0 Å². The van der Waals surface area contributed by atoms with Crippen LogP contribution in [-0.2, 0) is 0 Å². The third kappa shape index (κ3) is 458. The molecule has 0 aromatic heterocycles. The van der Waals surface area contributed by atoms with Gasteiger partial charge >= 0.3 is 6.16 Å². The highest BCUT2D eigenvalue weighted by molar-refractivity contribution is 5.53. The summed E-state index contributed by atoms with van der Waals surface area (Å²) in [5.41, 5.74) is 14.3. The van der Waals surface area contributed by atoms with Crippen molar-refractivity contribution in [2.45, 2.75) is 0 Å². The van der Waals surface area contributed by atoms with Gasteiger partial charge in [-0.25, -0.2) is 4.79 Å². The van der Waals surface area contributed by atoms with Crippen LogP contribution in [0.25, 0.3) is 0 Å². The van der Waals surface area contributed by atoms with E-state index in [4.69, 9.17) is 47.5 Å². The zero-order chi connectivity index (χ0) is 13.8. The largest absolute Gasteiger partial charge is 0.503 e. The van der Waals surface area contributed by atoms with Crippen LogP contribution in [0.3, 0.4) is 0 Å². The lowest BCUT2D eigenvalue weighted by molar-refractivity contribution is 0.137. The highest BCUT2D eigenvalue weighted by atomic mass is 16.6. The molecule has 0 aliphatic rings. The molecular weight excluding hydrogens is 222 g/mol. The van der Waals surface area contributed by atoms with Crippen molar-refractivity contribution in [1.82, 2.24) is 0 Å². The van der Waals surface area contributed by atoms with Gasteiger partial charge in [-0.15, -0.1) is 0 Å². The number of carbonyl (C=O) groups is 1. The van der Waals surface area contributed by atoms with Crippen molar-refractivity contribution in [3.05, 3.63) is 0 Å². The summed E-state index contributed by atoms with van der Waals surface area (Å²) in [5.74, 6) is 0. The van der Waals surface area contributed by atoms with Gasteiger partial charge in [0.1, 0.15) is 0 Å². The fourth-order valence-electron chi connectivity index (χ4n) is 0. The number of rotatable bonds is 3. The van der Waals surface area contributed by atoms with Crippen molar-refractivity contribution in [3.8, 4) is 0 Å². The molecule has 9 nitrogen and oxygen atoms in total. The smallest absolute Gasteiger partial charge is 0.450 e. The average molecular weight is 245 g/mol. The summed E-state index contributed by atoms with van der Waals surface area (Å²) in [6.45, 7) is 1.42. The van der Waals surface area contributed by atoms with Crippen LogP contribution in [0, 0.1) is 0 Å². The van der Waals surface area contributed by atoms with Gasteiger partial charge < -0.3 is 42.7 Å². The third-order valence-corrected chi connectivity index (χ3v) is 0.387. The predicted octanol–water partition coefficient (Wildman–Crippen LogP) is -2.97. The van der Waals surface area contributed by atoms with E-state index in [0.29, 0.717) is 19.6 Å². The Morgan fingerprint density at radius 3 is 0.812 bits per heavy atom. The van der Waals surface area contributed by atoms with Crippen LogP contribution in [-0.4, -0.2) is 71.1 Å². The first kappa shape index (κ1) is 24.3. The molecule has 9 heteroatoms. The normalized spacial score (nSPS) is 7.12. The minimum atomic E-state index is -1.83. The number of hydrogen-bond acceptors (Lipinski definition) is 7. The van der Waals surface area contributed by atoms with Crippen molar-refractivity contribution in [1.29, 1.82) is 0 Å². The van der Waals surface area contributed by atoms with E-state index < -0.39 is 6.16 Å². The molecule has 0 amide bonds. The Bertz CT molecular complexity index is 86.6. The van der Waals surface area contributed by atoms with E-state index in [1.165, 1.54) is 0 Å². The molecule has 0 radical (unpaired) electrons. The summed E-state index contributed by atoms with van der Waals surface area (Å²) in [6, 6.07) is 0. The van der Waals surface area contributed by atoms with E-state index in [-0.39, 0.29) is 19.8 Å². The number of hydrogen-bond donors (Lipinski definition) is 8. The molecule has 0 aliphatic heterocycles. The summed E-state index contributed by atoms with van der Waals surface area (Å²) in [5, 5.41) is 37.2. The molecule has 0 unspecified atom stereocenters. The maximum Gasteiger partial charge on any atom is 0.503 e. The summed E-state index contributed by atoms with van der Waals surface area (Å²) in [6.07, 6.45) is -1.83. The first-order valence-corrected chi connectivity index (χ1v) is 4.32. The minimum absolute atomic E-state index is 0.0972. The van der Waals surface area contributed by atoms with Crippen LogP contribution in [0.1, 0.15) is 0 Å². The summed E-state index contributed by atoms with van der Waals surface area (Å²) < 4.78 is 0. The second-order valence-electron chi connectivity index (χ2n) is 1.82. The number of aliphatic hydroxyl groups is 3. The van der Waals surface area contributed by atoms with Gasteiger partial charge in [-0.05, 0) is 0 Å². The molecule has 11 N–H and O–H groups in total. The zero-order valence-corrected chi connectivity index (χ0v) is 9.12. The molecule has 0 rings (SSSR count). The second kappa shape index (κ2) is 36.9. The molecule has 0 saturated heterocycles. The first-order valence-electron chi connectivity index (χ1n) is 4.32. The summed E-state index contributed by atoms with van der Waals surface area (Å²) in [4.78, 5) is 8.56. The van der Waals surface area contributed by atoms with Gasteiger partial charge in [-0.3, -0.25) is 0 Å². The lowest BCUT2D eigenvalue weighted by Gasteiger charge is -1.71. The Morgan fingerprint density at radius 1 is 0.750 bits per heavy atom. The highest BCUT2D eigenvalue weighted by Gasteiger charge is 1.70. The van der Waals surface area contributed by atoms with Gasteiger partial charge in [0.05, 0.1) is 19.8 Å². The van der Waals surface area contributed by atoms with E-state index in [0.717, 1.165) is 0 Å². The molecule has 0 heterocycles. The van der Waals surface area contributed by atoms with Crippen LogP contribution in [0.2, 0.25) is 0 Å². The Morgan fingerprint density at radius 2 is 0.812 bits per heavy atom. The molecule has 0 aliphatic carbocycles. The molecule has 0 fully saturated rings. The Kier molecular flexibility index (Phi) is 56.1. The van der Waals surface area contributed by atoms with E-state index in [1.807, 2.05) is 0 Å². The molecule has 0 saturated carbocycles. The lowest BCUT2D eigenvalue weighted by atomic mass is 10.8. The second-order valence-corrected chi connectivity index (χ2v) is 1.82. The fourth-order valence-corrected chi connectivity index (χ4v) is 0. The monoisotopic (exact) mass is 245 g/mol. The van der Waals surface area contributed by atoms with Crippen LogP contribution in [0.15, 0.2) is 0 Å². The van der Waals surface area contributed by atoms with Gasteiger partial charge in [0.25, 0.3) is 0 Å². The Balaban J connectivity index is -0.0000000600. The maximum atomic E-state index is 8.56. The number of carboxylic acid groups (broad SMARTS) is 2. The molecule has 0 bridgehead atoms. The molecular formula is C7H23N3O6. The van der Waals surface area contributed by atoms with Crippen molar-refractivity contribution in [2.75, 3.05) is 39.5 Å². The van der Waals surface area contributed by atoms with Crippen LogP contribution < -0.4 is 17.2 Å². The average Bonchev–Trinajstić information content (AvgIpc) is 2.28.